The number of carboxylic acids is 1. The molecule has 1 aliphatic rings. The van der Waals surface area contributed by atoms with Crippen molar-refractivity contribution in [2.75, 3.05) is 0 Å². The van der Waals surface area contributed by atoms with Crippen LogP contribution in [0.1, 0.15) is 51.6 Å². The van der Waals surface area contributed by atoms with Gasteiger partial charge in [-0.05, 0) is 49.2 Å². The highest BCUT2D eigenvalue weighted by atomic mass is 16.4. The van der Waals surface area contributed by atoms with Gasteiger partial charge in [-0.1, -0.05) is 36.4 Å². The molecule has 0 saturated carbocycles. The zero-order valence-electron chi connectivity index (χ0n) is 16.5. The molecule has 2 atom stereocenters. The maximum Gasteiger partial charge on any atom is 0.339 e. The summed E-state index contributed by atoms with van der Waals surface area (Å²) in [6, 6.07) is 11.5. The molecular weight excluding hydrogens is 384 g/mol. The van der Waals surface area contributed by atoms with Crippen molar-refractivity contribution < 1.29 is 29.4 Å². The number of aliphatic carboxylic acids is 1. The standard InChI is InChI=1S/C24H20O6/c1-13(25)15-4-3-5-16(10-15)23(17-6-8-21(27)19(11-17)14(2)26)18-7-9-22(28)20(12-18)24(29)30/h3-12,18,23,27H,1-2H3,(H,29,30). The van der Waals surface area contributed by atoms with Crippen molar-refractivity contribution in [1.82, 2.24) is 0 Å². The van der Waals surface area contributed by atoms with Crippen molar-refractivity contribution in [2.45, 2.75) is 19.8 Å². The molecule has 0 aromatic heterocycles. The zero-order valence-corrected chi connectivity index (χ0v) is 16.5. The summed E-state index contributed by atoms with van der Waals surface area (Å²) in [5.74, 6) is -3.50. The minimum absolute atomic E-state index is 0.123. The van der Waals surface area contributed by atoms with E-state index in [1.54, 1.807) is 42.5 Å². The Bertz CT molecular complexity index is 1120. The molecule has 30 heavy (non-hydrogen) atoms. The molecule has 2 unspecified atom stereocenters. The first-order valence-electron chi connectivity index (χ1n) is 9.31. The maximum absolute atomic E-state index is 12.0. The Kier molecular flexibility index (Phi) is 5.78. The molecule has 1 aliphatic carbocycles. The van der Waals surface area contributed by atoms with Crippen molar-refractivity contribution in [1.29, 1.82) is 0 Å². The fourth-order valence-electron chi connectivity index (χ4n) is 3.62. The number of phenolic OH excluding ortho intramolecular Hbond substituents is 1. The van der Waals surface area contributed by atoms with Crippen LogP contribution in [-0.4, -0.2) is 33.5 Å². The summed E-state index contributed by atoms with van der Waals surface area (Å²) >= 11 is 0. The van der Waals surface area contributed by atoms with E-state index in [1.165, 1.54) is 32.1 Å². The second-order valence-corrected chi connectivity index (χ2v) is 7.18. The predicted molar refractivity (Wildman–Crippen MR) is 110 cm³/mol. The van der Waals surface area contributed by atoms with Crippen molar-refractivity contribution in [2.24, 2.45) is 5.92 Å². The number of allylic oxidation sites excluding steroid dienone is 3. The summed E-state index contributed by atoms with van der Waals surface area (Å²) in [7, 11) is 0. The molecule has 6 heteroatoms. The molecule has 152 valence electrons. The van der Waals surface area contributed by atoms with Crippen LogP contribution in [0, 0.1) is 5.92 Å². The number of aromatic hydroxyl groups is 1. The second-order valence-electron chi connectivity index (χ2n) is 7.18. The van der Waals surface area contributed by atoms with Gasteiger partial charge in [0.2, 0.25) is 0 Å². The van der Waals surface area contributed by atoms with Crippen LogP contribution in [0.2, 0.25) is 0 Å². The van der Waals surface area contributed by atoms with Crippen LogP contribution in [0.5, 0.6) is 5.75 Å². The van der Waals surface area contributed by atoms with Gasteiger partial charge in [0.25, 0.3) is 0 Å². The Labute approximate surface area is 173 Å². The molecule has 0 amide bonds. The van der Waals surface area contributed by atoms with Gasteiger partial charge in [-0.2, -0.15) is 0 Å². The van der Waals surface area contributed by atoms with E-state index in [1.807, 2.05) is 0 Å². The van der Waals surface area contributed by atoms with Gasteiger partial charge in [-0.25, -0.2) is 4.79 Å². The van der Waals surface area contributed by atoms with Crippen LogP contribution in [0.4, 0.5) is 0 Å². The second kappa shape index (κ2) is 8.29. The predicted octanol–water partition coefficient (Wildman–Crippen LogP) is 3.70. The van der Waals surface area contributed by atoms with E-state index in [0.717, 1.165) is 0 Å². The maximum atomic E-state index is 12.0. The van der Waals surface area contributed by atoms with Crippen molar-refractivity contribution in [3.63, 3.8) is 0 Å². The molecule has 2 aromatic carbocycles. The minimum Gasteiger partial charge on any atom is -0.507 e. The molecule has 0 fully saturated rings. The van der Waals surface area contributed by atoms with E-state index < -0.39 is 23.6 Å². The largest absolute Gasteiger partial charge is 0.507 e. The van der Waals surface area contributed by atoms with E-state index in [4.69, 9.17) is 0 Å². The van der Waals surface area contributed by atoms with Gasteiger partial charge in [0.1, 0.15) is 11.3 Å². The van der Waals surface area contributed by atoms with Crippen LogP contribution < -0.4 is 0 Å². The first-order chi connectivity index (χ1) is 14.2. The van der Waals surface area contributed by atoms with Gasteiger partial charge in [-0.15, -0.1) is 0 Å². The van der Waals surface area contributed by atoms with E-state index in [9.17, 15) is 29.4 Å². The van der Waals surface area contributed by atoms with Gasteiger partial charge >= 0.3 is 5.97 Å². The molecule has 0 aliphatic heterocycles. The third-order valence-corrected chi connectivity index (χ3v) is 5.12. The Hall–Kier alpha value is -3.80. The number of Topliss-reactive ketones (excluding diaryl/α,β-unsaturated/α-hetero) is 2. The summed E-state index contributed by atoms with van der Waals surface area (Å²) in [6.45, 7) is 2.79. The monoisotopic (exact) mass is 404 g/mol. The smallest absolute Gasteiger partial charge is 0.339 e. The molecule has 6 nitrogen and oxygen atoms in total. The highest BCUT2D eigenvalue weighted by Crippen LogP contribution is 2.38. The lowest BCUT2D eigenvalue weighted by molar-refractivity contribution is -0.134. The van der Waals surface area contributed by atoms with Crippen molar-refractivity contribution >= 4 is 23.3 Å². The quantitative estimate of drug-likeness (QED) is 0.561. The van der Waals surface area contributed by atoms with E-state index in [0.29, 0.717) is 16.7 Å². The Balaban J connectivity index is 2.21. The lowest BCUT2D eigenvalue weighted by atomic mass is 9.76. The van der Waals surface area contributed by atoms with E-state index >= 15 is 0 Å². The molecule has 3 rings (SSSR count). The molecule has 2 N–H and O–H groups in total. The van der Waals surface area contributed by atoms with Gasteiger partial charge in [0, 0.05) is 17.4 Å². The number of hydrogen-bond donors (Lipinski definition) is 2. The SMILES string of the molecule is CC(=O)c1cccc(C(c2ccc(O)c(C(C)=O)c2)C2C=CC(=O)C(C(=O)O)=C2)c1. The summed E-state index contributed by atoms with van der Waals surface area (Å²) in [5, 5.41) is 19.4. The number of ketones is 3. The Morgan fingerprint density at radius 2 is 1.67 bits per heavy atom. The summed E-state index contributed by atoms with van der Waals surface area (Å²) in [5.41, 5.74) is 1.65. The lowest BCUT2D eigenvalue weighted by Crippen LogP contribution is -2.20. The fraction of sp³-hybridized carbons (Fsp3) is 0.167. The number of carbonyl (C=O) groups excluding carboxylic acids is 3. The number of carboxylic acid groups (broad SMARTS) is 1. The van der Waals surface area contributed by atoms with E-state index in [-0.39, 0.29) is 28.5 Å². The topological polar surface area (TPSA) is 109 Å². The average molecular weight is 404 g/mol. The molecule has 0 saturated heterocycles. The van der Waals surface area contributed by atoms with Crippen LogP contribution in [0.15, 0.2) is 66.3 Å². The van der Waals surface area contributed by atoms with Crippen molar-refractivity contribution in [3.8, 4) is 5.75 Å². The third kappa shape index (κ3) is 4.12. The summed E-state index contributed by atoms with van der Waals surface area (Å²) in [4.78, 5) is 47.3. The summed E-state index contributed by atoms with van der Waals surface area (Å²) < 4.78 is 0. The molecular formula is C24H20O6. The molecule has 0 bridgehead atoms. The Morgan fingerprint density at radius 3 is 2.30 bits per heavy atom. The lowest BCUT2D eigenvalue weighted by Gasteiger charge is -2.26. The average Bonchev–Trinajstić information content (AvgIpc) is 2.70. The zero-order chi connectivity index (χ0) is 22.0. The molecule has 0 spiro atoms. The number of benzene rings is 2. The van der Waals surface area contributed by atoms with Gasteiger partial charge in [-0.3, -0.25) is 14.4 Å². The molecule has 0 radical (unpaired) electrons. The van der Waals surface area contributed by atoms with Crippen LogP contribution in [-0.2, 0) is 9.59 Å². The molecule has 0 heterocycles. The van der Waals surface area contributed by atoms with E-state index in [2.05, 4.69) is 0 Å². The molecule has 2 aromatic rings. The van der Waals surface area contributed by atoms with Crippen molar-refractivity contribution in [3.05, 3.63) is 88.5 Å². The Morgan fingerprint density at radius 1 is 0.967 bits per heavy atom. The highest BCUT2D eigenvalue weighted by molar-refractivity contribution is 6.21. The van der Waals surface area contributed by atoms with Crippen LogP contribution in [0.3, 0.4) is 0 Å². The van der Waals surface area contributed by atoms with Gasteiger partial charge in [0.15, 0.2) is 17.3 Å². The summed E-state index contributed by atoms with van der Waals surface area (Å²) in [6.07, 6.45) is 4.22. The highest BCUT2D eigenvalue weighted by Gasteiger charge is 2.29. The fourth-order valence-corrected chi connectivity index (χ4v) is 3.62. The number of carbonyl (C=O) groups is 4. The van der Waals surface area contributed by atoms with Crippen LogP contribution in [0.25, 0.3) is 0 Å². The first kappa shape index (κ1) is 20.9. The number of hydrogen-bond acceptors (Lipinski definition) is 5. The number of phenols is 1. The third-order valence-electron chi connectivity index (χ3n) is 5.12. The first-order valence-corrected chi connectivity index (χ1v) is 9.31. The minimum atomic E-state index is -1.32. The van der Waals surface area contributed by atoms with Gasteiger partial charge in [0.05, 0.1) is 5.56 Å². The van der Waals surface area contributed by atoms with Gasteiger partial charge < -0.3 is 10.2 Å². The normalized spacial score (nSPS) is 16.7. The number of rotatable bonds is 6. The van der Waals surface area contributed by atoms with Crippen LogP contribution >= 0.6 is 0 Å².